The van der Waals surface area contributed by atoms with E-state index in [1.54, 1.807) is 0 Å². The molecule has 1 fully saturated rings. The molecule has 0 atom stereocenters. The van der Waals surface area contributed by atoms with E-state index in [9.17, 15) is 4.57 Å². The van der Waals surface area contributed by atoms with Crippen LogP contribution in [0.25, 0.3) is 0 Å². The van der Waals surface area contributed by atoms with Gasteiger partial charge >= 0.3 is 7.60 Å². The zero-order valence-corrected chi connectivity index (χ0v) is 8.54. The van der Waals surface area contributed by atoms with Crippen LogP contribution in [0.3, 0.4) is 0 Å². The Bertz CT molecular complexity index is 190. The molecule has 0 aromatic carbocycles. The van der Waals surface area contributed by atoms with Crippen molar-refractivity contribution >= 4 is 7.60 Å². The standard InChI is InChI=1S/C7H17N2O3P/c10-13(11,12)7-1-2-8-3-4-9-5-6-9/h8H,1-7H2,(H2,10,11,12). The molecule has 78 valence electrons. The van der Waals surface area contributed by atoms with E-state index in [1.807, 2.05) is 0 Å². The summed E-state index contributed by atoms with van der Waals surface area (Å²) < 4.78 is 10.4. The second-order valence-electron chi connectivity index (χ2n) is 3.33. The molecule has 6 heteroatoms. The highest BCUT2D eigenvalue weighted by Gasteiger charge is 2.15. The molecule has 5 nitrogen and oxygen atoms in total. The van der Waals surface area contributed by atoms with Crippen LogP contribution >= 0.6 is 7.60 Å². The third-order valence-electron chi connectivity index (χ3n) is 1.95. The van der Waals surface area contributed by atoms with E-state index >= 15 is 0 Å². The van der Waals surface area contributed by atoms with Crippen LogP contribution in [0, 0.1) is 0 Å². The third-order valence-corrected chi connectivity index (χ3v) is 2.85. The van der Waals surface area contributed by atoms with Gasteiger partial charge in [0.15, 0.2) is 0 Å². The first-order valence-corrected chi connectivity index (χ1v) is 6.35. The van der Waals surface area contributed by atoms with Gasteiger partial charge in [0.25, 0.3) is 0 Å². The molecule has 0 saturated carbocycles. The van der Waals surface area contributed by atoms with Crippen molar-refractivity contribution in [3.05, 3.63) is 0 Å². The molecule has 1 aliphatic heterocycles. The van der Waals surface area contributed by atoms with Crippen LogP contribution in [0.15, 0.2) is 0 Å². The smallest absolute Gasteiger partial charge is 0.324 e. The zero-order chi connectivity index (χ0) is 9.73. The third kappa shape index (κ3) is 7.16. The second kappa shape index (κ2) is 5.08. The van der Waals surface area contributed by atoms with Crippen LogP contribution in [0.1, 0.15) is 6.42 Å². The highest BCUT2D eigenvalue weighted by atomic mass is 31.2. The quantitative estimate of drug-likeness (QED) is 0.298. The summed E-state index contributed by atoms with van der Waals surface area (Å²) in [6, 6.07) is 0. The lowest BCUT2D eigenvalue weighted by atomic mass is 10.4. The van der Waals surface area contributed by atoms with Gasteiger partial charge < -0.3 is 15.1 Å². The predicted molar refractivity (Wildman–Crippen MR) is 50.8 cm³/mol. The summed E-state index contributed by atoms with van der Waals surface area (Å²) in [6.45, 7) is 5.06. The van der Waals surface area contributed by atoms with Gasteiger partial charge in [-0.3, -0.25) is 9.46 Å². The topological polar surface area (TPSA) is 72.6 Å². The number of hydrogen-bond acceptors (Lipinski definition) is 3. The van der Waals surface area contributed by atoms with Crippen LogP contribution in [-0.4, -0.2) is 53.6 Å². The van der Waals surface area contributed by atoms with Crippen molar-refractivity contribution < 1.29 is 14.4 Å². The maximum Gasteiger partial charge on any atom is 0.325 e. The average Bonchev–Trinajstić information content (AvgIpc) is 2.77. The Morgan fingerprint density at radius 2 is 2.00 bits per heavy atom. The number of nitrogens with one attached hydrogen (secondary N) is 1. The van der Waals surface area contributed by atoms with Crippen molar-refractivity contribution in [3.63, 3.8) is 0 Å². The molecule has 0 unspecified atom stereocenters. The molecule has 0 bridgehead atoms. The van der Waals surface area contributed by atoms with Crippen LogP contribution in [0.2, 0.25) is 0 Å². The minimum absolute atomic E-state index is 0.0102. The second-order valence-corrected chi connectivity index (χ2v) is 5.11. The van der Waals surface area contributed by atoms with Crippen LogP contribution in [-0.2, 0) is 4.57 Å². The number of hydrogen-bond donors (Lipinski definition) is 3. The minimum Gasteiger partial charge on any atom is -0.324 e. The first kappa shape index (κ1) is 11.1. The normalized spacial score (nSPS) is 17.7. The van der Waals surface area contributed by atoms with E-state index in [0.717, 1.165) is 13.1 Å². The van der Waals surface area contributed by atoms with Crippen molar-refractivity contribution in [2.75, 3.05) is 38.9 Å². The molecule has 1 saturated heterocycles. The Morgan fingerprint density at radius 1 is 1.31 bits per heavy atom. The van der Waals surface area contributed by atoms with Crippen LogP contribution in [0.4, 0.5) is 0 Å². The molecular weight excluding hydrogens is 191 g/mol. The maximum absolute atomic E-state index is 10.4. The minimum atomic E-state index is -3.77. The number of rotatable bonds is 7. The lowest BCUT2D eigenvalue weighted by molar-refractivity contribution is 0.371. The largest absolute Gasteiger partial charge is 0.325 e. The molecule has 0 aromatic rings. The van der Waals surface area contributed by atoms with E-state index < -0.39 is 7.60 Å². The molecule has 1 heterocycles. The first-order valence-electron chi connectivity index (χ1n) is 4.55. The van der Waals surface area contributed by atoms with Gasteiger partial charge in [0.05, 0.1) is 6.16 Å². The monoisotopic (exact) mass is 208 g/mol. The summed E-state index contributed by atoms with van der Waals surface area (Å²) in [4.78, 5) is 19.4. The van der Waals surface area contributed by atoms with E-state index in [4.69, 9.17) is 9.79 Å². The lowest BCUT2D eigenvalue weighted by Gasteiger charge is -2.05. The van der Waals surface area contributed by atoms with Crippen LogP contribution in [0.5, 0.6) is 0 Å². The van der Waals surface area contributed by atoms with Crippen molar-refractivity contribution in [1.82, 2.24) is 10.2 Å². The Morgan fingerprint density at radius 3 is 2.54 bits per heavy atom. The first-order chi connectivity index (χ1) is 6.08. The summed E-state index contributed by atoms with van der Waals surface area (Å²) in [5.41, 5.74) is 0. The molecule has 0 amide bonds. The van der Waals surface area contributed by atoms with Crippen molar-refractivity contribution in [1.29, 1.82) is 0 Å². The number of nitrogens with zero attached hydrogens (tertiary/aromatic N) is 1. The lowest BCUT2D eigenvalue weighted by Crippen LogP contribution is -2.23. The van der Waals surface area contributed by atoms with Gasteiger partial charge in [-0.2, -0.15) is 0 Å². The summed E-state index contributed by atoms with van der Waals surface area (Å²) in [5.74, 6) is 0. The van der Waals surface area contributed by atoms with Gasteiger partial charge in [0.2, 0.25) is 0 Å². The maximum atomic E-state index is 10.4. The van der Waals surface area contributed by atoms with Gasteiger partial charge in [-0.1, -0.05) is 0 Å². The van der Waals surface area contributed by atoms with Crippen molar-refractivity contribution in [2.24, 2.45) is 0 Å². The van der Waals surface area contributed by atoms with Crippen molar-refractivity contribution in [3.8, 4) is 0 Å². The Hall–Kier alpha value is 0.0700. The van der Waals surface area contributed by atoms with Crippen molar-refractivity contribution in [2.45, 2.75) is 6.42 Å². The Labute approximate surface area is 78.3 Å². The molecule has 3 N–H and O–H groups in total. The Balaban J connectivity index is 1.80. The fraction of sp³-hybridized carbons (Fsp3) is 1.00. The average molecular weight is 208 g/mol. The molecular formula is C7H17N2O3P. The van der Waals surface area contributed by atoms with E-state index in [2.05, 4.69) is 10.2 Å². The van der Waals surface area contributed by atoms with Crippen LogP contribution < -0.4 is 5.32 Å². The zero-order valence-electron chi connectivity index (χ0n) is 7.65. The molecule has 0 aliphatic carbocycles. The highest BCUT2D eigenvalue weighted by molar-refractivity contribution is 7.51. The van der Waals surface area contributed by atoms with Gasteiger partial charge in [0, 0.05) is 26.2 Å². The predicted octanol–water partition coefficient (Wildman–Crippen LogP) is -0.541. The molecule has 1 rings (SSSR count). The summed E-state index contributed by atoms with van der Waals surface area (Å²) in [5, 5.41) is 3.14. The summed E-state index contributed by atoms with van der Waals surface area (Å²) in [6.07, 6.45) is 0.536. The molecule has 13 heavy (non-hydrogen) atoms. The molecule has 0 spiro atoms. The Kier molecular flexibility index (Phi) is 4.35. The SMILES string of the molecule is O=P(O)(O)CCCNCCN1CC1. The molecule has 0 radical (unpaired) electrons. The fourth-order valence-corrected chi connectivity index (χ4v) is 1.64. The van der Waals surface area contributed by atoms with E-state index in [0.29, 0.717) is 13.0 Å². The molecule has 1 aliphatic rings. The van der Waals surface area contributed by atoms with Gasteiger partial charge in [-0.15, -0.1) is 0 Å². The van der Waals surface area contributed by atoms with E-state index in [-0.39, 0.29) is 6.16 Å². The van der Waals surface area contributed by atoms with Gasteiger partial charge in [0.1, 0.15) is 0 Å². The van der Waals surface area contributed by atoms with E-state index in [1.165, 1.54) is 13.1 Å². The highest BCUT2D eigenvalue weighted by Crippen LogP contribution is 2.34. The molecule has 0 aromatic heterocycles. The van der Waals surface area contributed by atoms with Gasteiger partial charge in [-0.05, 0) is 13.0 Å². The summed E-state index contributed by atoms with van der Waals surface area (Å²) >= 11 is 0. The van der Waals surface area contributed by atoms with Gasteiger partial charge in [-0.25, -0.2) is 0 Å². The summed E-state index contributed by atoms with van der Waals surface area (Å²) in [7, 11) is -3.77. The fourth-order valence-electron chi connectivity index (χ4n) is 1.07.